The minimum atomic E-state index is -0.245. The zero-order valence-corrected chi connectivity index (χ0v) is 8.22. The highest BCUT2D eigenvalue weighted by Crippen LogP contribution is 2.09. The maximum atomic E-state index is 11.1. The second kappa shape index (κ2) is 5.81. The van der Waals surface area contributed by atoms with Gasteiger partial charge in [-0.05, 0) is 18.8 Å². The Balaban J connectivity index is 3.70. The minimum absolute atomic E-state index is 0.245. The maximum Gasteiger partial charge on any atom is 0.333 e. The predicted octanol–water partition coefficient (Wildman–Crippen LogP) is 2.54. The van der Waals surface area contributed by atoms with E-state index in [1.165, 1.54) is 0 Å². The number of ether oxygens (including phenoxy) is 1. The first-order chi connectivity index (χ1) is 5.57. The Morgan fingerprint density at radius 1 is 1.50 bits per heavy atom. The fourth-order valence-corrected chi connectivity index (χ4v) is 0.873. The zero-order valence-electron chi connectivity index (χ0n) is 8.22. The quantitative estimate of drug-likeness (QED) is 0.468. The van der Waals surface area contributed by atoms with E-state index in [1.807, 2.05) is 6.92 Å². The van der Waals surface area contributed by atoms with Gasteiger partial charge in [-0.2, -0.15) is 0 Å². The van der Waals surface area contributed by atoms with E-state index >= 15 is 0 Å². The summed E-state index contributed by atoms with van der Waals surface area (Å²) in [5.74, 6) is 0.220. The summed E-state index contributed by atoms with van der Waals surface area (Å²) in [6, 6.07) is 0. The van der Waals surface area contributed by atoms with Gasteiger partial charge in [-0.1, -0.05) is 27.4 Å². The van der Waals surface area contributed by atoms with Crippen molar-refractivity contribution in [3.8, 4) is 0 Å². The van der Waals surface area contributed by atoms with Gasteiger partial charge in [0, 0.05) is 5.57 Å². The Hall–Kier alpha value is -0.790. The third kappa shape index (κ3) is 4.94. The SMILES string of the molecule is C=C(CC(C)C)C(=O)OCCC. The van der Waals surface area contributed by atoms with Crippen LogP contribution in [0.25, 0.3) is 0 Å². The van der Waals surface area contributed by atoms with Gasteiger partial charge in [0.1, 0.15) is 0 Å². The molecule has 0 aromatic carbocycles. The lowest BCUT2D eigenvalue weighted by atomic mass is 10.1. The van der Waals surface area contributed by atoms with Gasteiger partial charge in [-0.3, -0.25) is 0 Å². The average molecular weight is 170 g/mol. The Morgan fingerprint density at radius 2 is 2.08 bits per heavy atom. The van der Waals surface area contributed by atoms with Crippen molar-refractivity contribution in [1.29, 1.82) is 0 Å². The van der Waals surface area contributed by atoms with Crippen molar-refractivity contribution in [3.05, 3.63) is 12.2 Å². The van der Waals surface area contributed by atoms with E-state index in [4.69, 9.17) is 4.74 Å². The van der Waals surface area contributed by atoms with Crippen molar-refractivity contribution in [1.82, 2.24) is 0 Å². The molecule has 0 amide bonds. The molecule has 2 heteroatoms. The molecule has 0 aromatic heterocycles. The molecule has 12 heavy (non-hydrogen) atoms. The fourth-order valence-electron chi connectivity index (χ4n) is 0.873. The lowest BCUT2D eigenvalue weighted by Gasteiger charge is -2.07. The van der Waals surface area contributed by atoms with Crippen LogP contribution in [-0.2, 0) is 9.53 Å². The fraction of sp³-hybridized carbons (Fsp3) is 0.700. The molecule has 0 unspecified atom stereocenters. The first-order valence-electron chi connectivity index (χ1n) is 4.42. The van der Waals surface area contributed by atoms with Crippen LogP contribution in [0.5, 0.6) is 0 Å². The number of esters is 1. The second-order valence-corrected chi connectivity index (χ2v) is 3.34. The van der Waals surface area contributed by atoms with Gasteiger partial charge >= 0.3 is 5.97 Å². The van der Waals surface area contributed by atoms with E-state index in [-0.39, 0.29) is 5.97 Å². The van der Waals surface area contributed by atoms with Crippen molar-refractivity contribution in [2.75, 3.05) is 6.61 Å². The molecule has 0 atom stereocenters. The van der Waals surface area contributed by atoms with Crippen LogP contribution in [0.15, 0.2) is 12.2 Å². The van der Waals surface area contributed by atoms with E-state index in [0.29, 0.717) is 18.1 Å². The number of rotatable bonds is 5. The van der Waals surface area contributed by atoms with Crippen LogP contribution < -0.4 is 0 Å². The van der Waals surface area contributed by atoms with Gasteiger partial charge in [0.2, 0.25) is 0 Å². The summed E-state index contributed by atoms with van der Waals surface area (Å²) in [6.07, 6.45) is 1.59. The Labute approximate surface area is 74.6 Å². The number of carbonyl (C=O) groups is 1. The van der Waals surface area contributed by atoms with Crippen LogP contribution in [0.2, 0.25) is 0 Å². The monoisotopic (exact) mass is 170 g/mol. The predicted molar refractivity (Wildman–Crippen MR) is 49.8 cm³/mol. The van der Waals surface area contributed by atoms with E-state index in [2.05, 4.69) is 20.4 Å². The van der Waals surface area contributed by atoms with Crippen LogP contribution in [0.1, 0.15) is 33.6 Å². The van der Waals surface area contributed by atoms with Crippen molar-refractivity contribution < 1.29 is 9.53 Å². The molecular weight excluding hydrogens is 152 g/mol. The first-order valence-corrected chi connectivity index (χ1v) is 4.42. The Morgan fingerprint density at radius 3 is 2.50 bits per heavy atom. The summed E-state index contributed by atoms with van der Waals surface area (Å²) in [6.45, 7) is 10.2. The molecular formula is C10H18O2. The first kappa shape index (κ1) is 11.2. The van der Waals surface area contributed by atoms with Crippen LogP contribution in [-0.4, -0.2) is 12.6 Å². The highest BCUT2D eigenvalue weighted by molar-refractivity contribution is 5.87. The summed E-state index contributed by atoms with van der Waals surface area (Å²) in [4.78, 5) is 11.1. The highest BCUT2D eigenvalue weighted by atomic mass is 16.5. The van der Waals surface area contributed by atoms with Crippen molar-refractivity contribution in [3.63, 3.8) is 0 Å². The molecule has 0 aliphatic heterocycles. The molecule has 0 aliphatic rings. The molecule has 0 aromatic rings. The van der Waals surface area contributed by atoms with Gasteiger partial charge < -0.3 is 4.74 Å². The van der Waals surface area contributed by atoms with Crippen molar-refractivity contribution in [2.45, 2.75) is 33.6 Å². The third-order valence-electron chi connectivity index (χ3n) is 1.38. The molecule has 0 N–H and O–H groups in total. The summed E-state index contributed by atoms with van der Waals surface area (Å²) in [7, 11) is 0. The zero-order chi connectivity index (χ0) is 9.56. The molecule has 0 bridgehead atoms. The normalized spacial score (nSPS) is 10.0. The van der Waals surface area contributed by atoms with Crippen molar-refractivity contribution in [2.24, 2.45) is 5.92 Å². The van der Waals surface area contributed by atoms with Crippen LogP contribution in [0.4, 0.5) is 0 Å². The van der Waals surface area contributed by atoms with E-state index < -0.39 is 0 Å². The number of carbonyl (C=O) groups excluding carboxylic acids is 1. The number of hydrogen-bond acceptors (Lipinski definition) is 2. The van der Waals surface area contributed by atoms with Crippen molar-refractivity contribution >= 4 is 5.97 Å². The van der Waals surface area contributed by atoms with E-state index in [9.17, 15) is 4.79 Å². The lowest BCUT2D eigenvalue weighted by molar-refractivity contribution is -0.139. The Bertz CT molecular complexity index is 159. The van der Waals surface area contributed by atoms with Crippen LogP contribution in [0, 0.1) is 5.92 Å². The maximum absolute atomic E-state index is 11.1. The summed E-state index contributed by atoms with van der Waals surface area (Å²) in [5, 5.41) is 0. The third-order valence-corrected chi connectivity index (χ3v) is 1.38. The molecule has 0 radical (unpaired) electrons. The molecule has 0 saturated carbocycles. The summed E-state index contributed by atoms with van der Waals surface area (Å²) < 4.78 is 4.92. The summed E-state index contributed by atoms with van der Waals surface area (Å²) >= 11 is 0. The van der Waals surface area contributed by atoms with Crippen LogP contribution in [0.3, 0.4) is 0 Å². The minimum Gasteiger partial charge on any atom is -0.462 e. The van der Waals surface area contributed by atoms with Gasteiger partial charge in [0.15, 0.2) is 0 Å². The van der Waals surface area contributed by atoms with E-state index in [1.54, 1.807) is 0 Å². The van der Waals surface area contributed by atoms with Gasteiger partial charge in [0.25, 0.3) is 0 Å². The topological polar surface area (TPSA) is 26.3 Å². The van der Waals surface area contributed by atoms with Crippen LogP contribution >= 0.6 is 0 Å². The molecule has 70 valence electrons. The van der Waals surface area contributed by atoms with E-state index in [0.717, 1.165) is 12.8 Å². The lowest BCUT2D eigenvalue weighted by Crippen LogP contribution is -2.09. The highest BCUT2D eigenvalue weighted by Gasteiger charge is 2.08. The second-order valence-electron chi connectivity index (χ2n) is 3.34. The molecule has 2 nitrogen and oxygen atoms in total. The molecule has 0 spiro atoms. The molecule has 0 aliphatic carbocycles. The standard InChI is InChI=1S/C10H18O2/c1-5-6-12-10(11)9(4)7-8(2)3/h8H,4-7H2,1-3H3. The van der Waals surface area contributed by atoms with Gasteiger partial charge in [-0.25, -0.2) is 4.79 Å². The number of hydrogen-bond donors (Lipinski definition) is 0. The van der Waals surface area contributed by atoms with Gasteiger partial charge in [0.05, 0.1) is 6.61 Å². The smallest absolute Gasteiger partial charge is 0.333 e. The average Bonchev–Trinajstić information content (AvgIpc) is 1.98. The molecule has 0 rings (SSSR count). The Kier molecular flexibility index (Phi) is 5.43. The molecule has 0 saturated heterocycles. The van der Waals surface area contributed by atoms with Gasteiger partial charge in [-0.15, -0.1) is 0 Å². The largest absolute Gasteiger partial charge is 0.462 e. The molecule has 0 fully saturated rings. The molecule has 0 heterocycles. The summed E-state index contributed by atoms with van der Waals surface area (Å²) in [5.41, 5.74) is 0.582.